The number of amides is 1. The molecular weight excluding hydrogens is 346 g/mol. The molecule has 0 spiro atoms. The minimum atomic E-state index is -0.488. The molecule has 144 valence electrons. The van der Waals surface area contributed by atoms with E-state index < -0.39 is 5.97 Å². The van der Waals surface area contributed by atoms with Crippen LogP contribution in [0.5, 0.6) is 0 Å². The quantitative estimate of drug-likeness (QED) is 0.757. The molecule has 0 aliphatic heterocycles. The number of esters is 1. The molecule has 1 aliphatic rings. The third-order valence-electron chi connectivity index (χ3n) is 4.97. The lowest BCUT2D eigenvalue weighted by atomic mass is 9.87. The van der Waals surface area contributed by atoms with E-state index in [1.54, 1.807) is 24.3 Å². The van der Waals surface area contributed by atoms with Gasteiger partial charge in [0, 0.05) is 12.5 Å². The molecule has 0 atom stereocenters. The van der Waals surface area contributed by atoms with Gasteiger partial charge in [0.15, 0.2) is 6.61 Å². The Morgan fingerprint density at radius 3 is 2.74 bits per heavy atom. The molecule has 1 aromatic heterocycles. The van der Waals surface area contributed by atoms with Gasteiger partial charge in [-0.15, -0.1) is 0 Å². The molecule has 2 aromatic rings. The molecule has 3 rings (SSSR count). The lowest BCUT2D eigenvalue weighted by Crippen LogP contribution is -2.39. The van der Waals surface area contributed by atoms with Crippen molar-refractivity contribution in [3.8, 4) is 0 Å². The lowest BCUT2D eigenvalue weighted by Gasteiger charge is -2.26. The molecule has 0 saturated heterocycles. The maximum absolute atomic E-state index is 12.0. The van der Waals surface area contributed by atoms with Crippen LogP contribution in [0.3, 0.4) is 0 Å². The minimum Gasteiger partial charge on any atom is -0.456 e. The van der Waals surface area contributed by atoms with Crippen LogP contribution < -0.4 is 10.9 Å². The first-order chi connectivity index (χ1) is 13.0. The number of rotatable bonds is 6. The van der Waals surface area contributed by atoms with Gasteiger partial charge < -0.3 is 15.0 Å². The lowest BCUT2D eigenvalue weighted by molar-refractivity contribution is -0.148. The number of nitrogens with one attached hydrogen (secondary N) is 2. The number of fused-ring (bicyclic) bond motifs is 1. The summed E-state index contributed by atoms with van der Waals surface area (Å²) in [5.41, 5.74) is 0.357. The first-order valence-corrected chi connectivity index (χ1v) is 9.44. The van der Waals surface area contributed by atoms with Crippen LogP contribution in [0.2, 0.25) is 0 Å². The van der Waals surface area contributed by atoms with E-state index in [2.05, 4.69) is 22.2 Å². The van der Waals surface area contributed by atoms with Crippen molar-refractivity contribution in [1.82, 2.24) is 15.3 Å². The molecular formula is C20H25N3O4. The van der Waals surface area contributed by atoms with Gasteiger partial charge >= 0.3 is 5.97 Å². The summed E-state index contributed by atoms with van der Waals surface area (Å²) in [5.74, 6) is 0.390. The molecule has 1 aliphatic carbocycles. The molecule has 0 bridgehead atoms. The number of carbonyl (C=O) groups excluding carboxylic acids is 2. The Balaban J connectivity index is 1.43. The maximum atomic E-state index is 12.0. The van der Waals surface area contributed by atoms with Gasteiger partial charge in [-0.2, -0.15) is 0 Å². The summed E-state index contributed by atoms with van der Waals surface area (Å²) in [4.78, 5) is 42.8. The minimum absolute atomic E-state index is 0.0511. The second-order valence-electron chi connectivity index (χ2n) is 7.21. The van der Waals surface area contributed by atoms with Crippen molar-refractivity contribution in [3.05, 3.63) is 40.4 Å². The van der Waals surface area contributed by atoms with Crippen molar-refractivity contribution in [1.29, 1.82) is 0 Å². The van der Waals surface area contributed by atoms with Gasteiger partial charge in [-0.25, -0.2) is 4.98 Å². The smallest absolute Gasteiger partial charge is 0.306 e. The number of aryl methyl sites for hydroxylation is 1. The summed E-state index contributed by atoms with van der Waals surface area (Å²) >= 11 is 0. The number of H-pyrrole nitrogens is 1. The Hall–Kier alpha value is -2.70. The third kappa shape index (κ3) is 5.39. The predicted molar refractivity (Wildman–Crippen MR) is 101 cm³/mol. The van der Waals surface area contributed by atoms with Crippen LogP contribution in [0.4, 0.5) is 0 Å². The van der Waals surface area contributed by atoms with Crippen molar-refractivity contribution in [2.24, 2.45) is 5.92 Å². The SMILES string of the molecule is CC1CCC(NC(=O)COC(=O)CCc2nc3ccccc3c(=O)[nH]2)CC1. The van der Waals surface area contributed by atoms with Crippen LogP contribution in [-0.2, 0) is 20.7 Å². The van der Waals surface area contributed by atoms with Crippen LogP contribution in [0, 0.1) is 5.92 Å². The molecule has 0 unspecified atom stereocenters. The summed E-state index contributed by atoms with van der Waals surface area (Å²) in [5, 5.41) is 3.43. The molecule has 1 heterocycles. The summed E-state index contributed by atoms with van der Waals surface area (Å²) in [6.07, 6.45) is 4.48. The van der Waals surface area contributed by atoms with E-state index in [-0.39, 0.29) is 37.0 Å². The summed E-state index contributed by atoms with van der Waals surface area (Å²) < 4.78 is 5.04. The fourth-order valence-electron chi connectivity index (χ4n) is 3.37. The average molecular weight is 371 g/mol. The van der Waals surface area contributed by atoms with Crippen LogP contribution in [-0.4, -0.2) is 34.5 Å². The van der Waals surface area contributed by atoms with Gasteiger partial charge in [-0.05, 0) is 43.7 Å². The highest BCUT2D eigenvalue weighted by Gasteiger charge is 2.20. The monoisotopic (exact) mass is 371 g/mol. The Bertz CT molecular complexity index is 869. The Morgan fingerprint density at radius 1 is 1.22 bits per heavy atom. The molecule has 7 heteroatoms. The van der Waals surface area contributed by atoms with Crippen LogP contribution in [0.1, 0.15) is 44.9 Å². The topological polar surface area (TPSA) is 101 Å². The van der Waals surface area contributed by atoms with Crippen molar-refractivity contribution in [2.75, 3.05) is 6.61 Å². The third-order valence-corrected chi connectivity index (χ3v) is 4.97. The van der Waals surface area contributed by atoms with E-state index in [4.69, 9.17) is 4.74 Å². The van der Waals surface area contributed by atoms with Crippen LogP contribution in [0.25, 0.3) is 10.9 Å². The number of carbonyl (C=O) groups is 2. The number of nitrogens with zero attached hydrogens (tertiary/aromatic N) is 1. The van der Waals surface area contributed by atoms with Crippen LogP contribution in [0.15, 0.2) is 29.1 Å². The highest BCUT2D eigenvalue weighted by molar-refractivity contribution is 5.81. The van der Waals surface area contributed by atoms with E-state index in [0.29, 0.717) is 22.6 Å². The van der Waals surface area contributed by atoms with Gasteiger partial charge in [0.05, 0.1) is 17.3 Å². The van der Waals surface area contributed by atoms with Gasteiger partial charge in [-0.3, -0.25) is 14.4 Å². The van der Waals surface area contributed by atoms with Gasteiger partial charge in [-0.1, -0.05) is 19.1 Å². The standard InChI is InChI=1S/C20H25N3O4/c1-13-6-8-14(9-7-13)21-18(24)12-27-19(25)11-10-17-22-16-5-3-2-4-15(16)20(26)23-17/h2-5,13-14H,6-12H2,1H3,(H,21,24)(H,22,23,26). The number of aromatic amines is 1. The number of benzene rings is 1. The summed E-state index contributed by atoms with van der Waals surface area (Å²) in [7, 11) is 0. The second kappa shape index (κ2) is 8.79. The zero-order valence-electron chi connectivity index (χ0n) is 15.5. The molecule has 1 saturated carbocycles. The number of aromatic nitrogens is 2. The Morgan fingerprint density at radius 2 is 1.96 bits per heavy atom. The molecule has 2 N–H and O–H groups in total. The average Bonchev–Trinajstić information content (AvgIpc) is 2.66. The number of hydrogen-bond donors (Lipinski definition) is 2. The zero-order valence-corrected chi connectivity index (χ0v) is 15.5. The molecule has 27 heavy (non-hydrogen) atoms. The summed E-state index contributed by atoms with van der Waals surface area (Å²) in [6, 6.07) is 7.21. The van der Waals surface area contributed by atoms with Crippen molar-refractivity contribution in [3.63, 3.8) is 0 Å². The van der Waals surface area contributed by atoms with E-state index in [9.17, 15) is 14.4 Å². The fraction of sp³-hybridized carbons (Fsp3) is 0.500. The van der Waals surface area contributed by atoms with Gasteiger partial charge in [0.2, 0.25) is 0 Å². The molecule has 1 fully saturated rings. The predicted octanol–water partition coefficient (Wildman–Crippen LogP) is 2.09. The van der Waals surface area contributed by atoms with Crippen molar-refractivity contribution in [2.45, 2.75) is 51.5 Å². The fourth-order valence-corrected chi connectivity index (χ4v) is 3.37. The second-order valence-corrected chi connectivity index (χ2v) is 7.21. The number of para-hydroxylation sites is 1. The highest BCUT2D eigenvalue weighted by Crippen LogP contribution is 2.23. The first kappa shape index (κ1) is 19.1. The van der Waals surface area contributed by atoms with Crippen LogP contribution >= 0.6 is 0 Å². The highest BCUT2D eigenvalue weighted by atomic mass is 16.5. The van der Waals surface area contributed by atoms with E-state index in [1.165, 1.54) is 0 Å². The van der Waals surface area contributed by atoms with Crippen molar-refractivity contribution < 1.29 is 14.3 Å². The van der Waals surface area contributed by atoms with E-state index >= 15 is 0 Å². The molecule has 7 nitrogen and oxygen atoms in total. The van der Waals surface area contributed by atoms with Gasteiger partial charge in [0.25, 0.3) is 11.5 Å². The Labute approximate surface area is 157 Å². The zero-order chi connectivity index (χ0) is 19.2. The number of ether oxygens (including phenoxy) is 1. The van der Waals surface area contributed by atoms with E-state index in [0.717, 1.165) is 25.7 Å². The first-order valence-electron chi connectivity index (χ1n) is 9.44. The molecule has 1 aromatic carbocycles. The largest absolute Gasteiger partial charge is 0.456 e. The van der Waals surface area contributed by atoms with E-state index in [1.807, 2.05) is 0 Å². The normalized spacial score (nSPS) is 19.6. The summed E-state index contributed by atoms with van der Waals surface area (Å²) in [6.45, 7) is 1.95. The number of hydrogen-bond acceptors (Lipinski definition) is 5. The maximum Gasteiger partial charge on any atom is 0.306 e. The van der Waals surface area contributed by atoms with Gasteiger partial charge in [0.1, 0.15) is 5.82 Å². The Kier molecular flexibility index (Phi) is 6.21. The molecule has 1 amide bonds. The van der Waals surface area contributed by atoms with Crippen molar-refractivity contribution >= 4 is 22.8 Å². The molecule has 0 radical (unpaired) electrons.